The fourth-order valence-electron chi connectivity index (χ4n) is 5.53. The van der Waals surface area contributed by atoms with Gasteiger partial charge in [-0.1, -0.05) is 62.2 Å². The molecule has 4 rings (SSSR count). The summed E-state index contributed by atoms with van der Waals surface area (Å²) in [4.78, 5) is 25.3. The number of hydrogen-bond acceptors (Lipinski definition) is 6. The van der Waals surface area contributed by atoms with Crippen LogP contribution in [0.25, 0.3) is 0 Å². The van der Waals surface area contributed by atoms with Crippen molar-refractivity contribution in [1.82, 2.24) is 4.90 Å². The van der Waals surface area contributed by atoms with Crippen LogP contribution in [-0.2, 0) is 25.7 Å². The summed E-state index contributed by atoms with van der Waals surface area (Å²) in [6.45, 7) is 7.74. The first-order valence-electron chi connectivity index (χ1n) is 13.8. The quantitative estimate of drug-likeness (QED) is 0.320. The highest BCUT2D eigenvalue weighted by Crippen LogP contribution is 2.42. The van der Waals surface area contributed by atoms with Gasteiger partial charge in [-0.05, 0) is 36.1 Å². The van der Waals surface area contributed by atoms with Crippen molar-refractivity contribution in [3.05, 3.63) is 77.9 Å². The van der Waals surface area contributed by atoms with E-state index in [0.717, 1.165) is 29.8 Å². The van der Waals surface area contributed by atoms with Crippen molar-refractivity contribution in [2.75, 3.05) is 18.4 Å². The molecule has 0 aromatic heterocycles. The third kappa shape index (κ3) is 7.76. The number of carbonyl (C=O) groups excluding carboxylic acids is 1. The second-order valence-corrected chi connectivity index (χ2v) is 10.6. The van der Waals surface area contributed by atoms with Crippen LogP contribution in [0.1, 0.15) is 74.5 Å². The number of aliphatic hydroxyl groups is 1. The van der Waals surface area contributed by atoms with E-state index < -0.39 is 12.3 Å². The number of anilines is 1. The fourth-order valence-corrected chi connectivity index (χ4v) is 5.53. The zero-order valence-electron chi connectivity index (χ0n) is 22.6. The summed E-state index contributed by atoms with van der Waals surface area (Å²) in [6, 6.07) is 15.7. The van der Waals surface area contributed by atoms with Crippen molar-refractivity contribution in [1.29, 1.82) is 0 Å². The van der Waals surface area contributed by atoms with E-state index in [9.17, 15) is 14.7 Å². The fraction of sp³-hybridized carbons (Fsp3) is 0.484. The van der Waals surface area contributed by atoms with Crippen LogP contribution in [0, 0.1) is 5.92 Å². The lowest BCUT2D eigenvalue weighted by molar-refractivity contribution is -0.276. The number of hydrogen-bond donors (Lipinski definition) is 3. The molecule has 4 unspecified atom stereocenters. The van der Waals surface area contributed by atoms with Gasteiger partial charge in [0.1, 0.15) is 0 Å². The molecule has 3 N–H and O–H groups in total. The van der Waals surface area contributed by atoms with Crippen LogP contribution in [0.5, 0.6) is 0 Å². The Bertz CT molecular complexity index is 1100. The third-order valence-corrected chi connectivity index (χ3v) is 7.78. The summed E-state index contributed by atoms with van der Waals surface area (Å²) in [5, 5.41) is 21.0. The summed E-state index contributed by atoms with van der Waals surface area (Å²) in [5.41, 5.74) is 3.32. The number of benzene rings is 2. The van der Waals surface area contributed by atoms with Gasteiger partial charge in [-0.25, -0.2) is 0 Å². The van der Waals surface area contributed by atoms with Gasteiger partial charge in [-0.3, -0.25) is 14.5 Å². The summed E-state index contributed by atoms with van der Waals surface area (Å²) in [6.07, 6.45) is 5.69. The summed E-state index contributed by atoms with van der Waals surface area (Å²) in [5.74, 6) is -1.26. The minimum atomic E-state index is -1.00. The molecule has 39 heavy (non-hydrogen) atoms. The largest absolute Gasteiger partial charge is 0.481 e. The van der Waals surface area contributed by atoms with Crippen molar-refractivity contribution in [3.8, 4) is 0 Å². The van der Waals surface area contributed by atoms with Crippen molar-refractivity contribution < 1.29 is 29.3 Å². The molecule has 2 fully saturated rings. The molecule has 1 saturated heterocycles. The van der Waals surface area contributed by atoms with Gasteiger partial charge in [0.05, 0.1) is 25.2 Å². The zero-order valence-corrected chi connectivity index (χ0v) is 22.6. The van der Waals surface area contributed by atoms with E-state index in [1.807, 2.05) is 42.5 Å². The molecule has 0 spiro atoms. The minimum Gasteiger partial charge on any atom is -0.481 e. The van der Waals surface area contributed by atoms with Gasteiger partial charge in [-0.2, -0.15) is 0 Å². The van der Waals surface area contributed by atoms with E-state index in [2.05, 4.69) is 23.7 Å². The van der Waals surface area contributed by atoms with Crippen LogP contribution in [0.4, 0.5) is 5.69 Å². The summed E-state index contributed by atoms with van der Waals surface area (Å²) >= 11 is 0. The first-order chi connectivity index (χ1) is 18.9. The first-order valence-corrected chi connectivity index (χ1v) is 13.8. The number of nitrogens with one attached hydrogen (secondary N) is 1. The number of ether oxygens (including phenoxy) is 2. The Morgan fingerprint density at radius 3 is 2.31 bits per heavy atom. The predicted octanol–water partition coefficient (Wildman–Crippen LogP) is 5.20. The van der Waals surface area contributed by atoms with Crippen LogP contribution in [-0.4, -0.2) is 52.2 Å². The van der Waals surface area contributed by atoms with Crippen LogP contribution in [0.15, 0.2) is 61.2 Å². The maximum atomic E-state index is 12.0. The Morgan fingerprint density at radius 1 is 1.03 bits per heavy atom. The molecular weight excluding hydrogens is 496 g/mol. The number of carbonyl (C=O) groups is 2. The van der Waals surface area contributed by atoms with E-state index in [0.29, 0.717) is 11.7 Å². The summed E-state index contributed by atoms with van der Waals surface area (Å²) in [7, 11) is 0. The van der Waals surface area contributed by atoms with E-state index in [1.165, 1.54) is 25.7 Å². The standard InChI is InChI=1S/C31H40N2O6/c1-3-18-33(26-6-4-5-7-26)19-27-21(2)30(23-10-8-22(20-34)9-11-23)39-31(38-27)24-12-14-25(15-13-24)32-28(35)16-17-29(36)37/h3,8-15,21,26-27,30-31,34H,1,4-7,16-20H2,2H3,(H,32,35)(H,36,37). The third-order valence-electron chi connectivity index (χ3n) is 7.78. The van der Waals surface area contributed by atoms with Crippen molar-refractivity contribution in [2.45, 2.75) is 76.6 Å². The van der Waals surface area contributed by atoms with Gasteiger partial charge < -0.3 is 25.0 Å². The topological polar surface area (TPSA) is 108 Å². The average Bonchev–Trinajstić information content (AvgIpc) is 3.48. The number of aliphatic hydroxyl groups excluding tert-OH is 1. The molecule has 1 amide bonds. The second-order valence-electron chi connectivity index (χ2n) is 10.6. The van der Waals surface area contributed by atoms with E-state index in [4.69, 9.17) is 14.6 Å². The lowest BCUT2D eigenvalue weighted by atomic mass is 9.89. The highest BCUT2D eigenvalue weighted by Gasteiger charge is 2.40. The smallest absolute Gasteiger partial charge is 0.303 e. The maximum absolute atomic E-state index is 12.0. The highest BCUT2D eigenvalue weighted by molar-refractivity contribution is 5.92. The van der Waals surface area contributed by atoms with Crippen LogP contribution in [0.2, 0.25) is 0 Å². The van der Waals surface area contributed by atoms with Gasteiger partial charge in [-0.15, -0.1) is 6.58 Å². The van der Waals surface area contributed by atoms with E-state index in [1.54, 1.807) is 12.1 Å². The Balaban J connectivity index is 1.54. The van der Waals surface area contributed by atoms with Gasteiger partial charge in [0.25, 0.3) is 0 Å². The van der Waals surface area contributed by atoms with Gasteiger partial charge in [0, 0.05) is 42.7 Å². The molecule has 1 saturated carbocycles. The molecular formula is C31H40N2O6. The molecule has 1 aliphatic carbocycles. The van der Waals surface area contributed by atoms with Crippen molar-refractivity contribution >= 4 is 17.6 Å². The first kappa shape index (κ1) is 29.0. The lowest BCUT2D eigenvalue weighted by Gasteiger charge is -2.43. The molecule has 210 valence electrons. The van der Waals surface area contributed by atoms with E-state index in [-0.39, 0.29) is 43.5 Å². The van der Waals surface area contributed by atoms with E-state index >= 15 is 0 Å². The number of nitrogens with zero attached hydrogens (tertiary/aromatic N) is 1. The van der Waals surface area contributed by atoms with Crippen LogP contribution >= 0.6 is 0 Å². The molecule has 2 aliphatic rings. The SMILES string of the molecule is C=CCN(CC1OC(c2ccc(NC(=O)CCC(=O)O)cc2)OC(c2ccc(CO)cc2)C1C)C1CCCC1. The summed E-state index contributed by atoms with van der Waals surface area (Å²) < 4.78 is 13.2. The maximum Gasteiger partial charge on any atom is 0.303 e. The molecule has 8 nitrogen and oxygen atoms in total. The lowest BCUT2D eigenvalue weighted by Crippen LogP contribution is -2.47. The Hall–Kier alpha value is -3.04. The molecule has 8 heteroatoms. The molecule has 2 aromatic rings. The molecule has 4 atom stereocenters. The highest BCUT2D eigenvalue weighted by atomic mass is 16.7. The molecule has 0 bridgehead atoms. The Labute approximate surface area is 230 Å². The van der Waals surface area contributed by atoms with Crippen molar-refractivity contribution in [2.24, 2.45) is 5.92 Å². The van der Waals surface area contributed by atoms with Gasteiger partial charge >= 0.3 is 5.97 Å². The average molecular weight is 537 g/mol. The number of carboxylic acid groups (broad SMARTS) is 1. The Morgan fingerprint density at radius 2 is 1.69 bits per heavy atom. The second kappa shape index (κ2) is 13.8. The number of carboxylic acids is 1. The number of rotatable bonds is 12. The van der Waals surface area contributed by atoms with Crippen LogP contribution < -0.4 is 5.32 Å². The van der Waals surface area contributed by atoms with Crippen molar-refractivity contribution in [3.63, 3.8) is 0 Å². The Kier molecular flexibility index (Phi) is 10.3. The minimum absolute atomic E-state index is 0.00713. The molecule has 1 aliphatic heterocycles. The number of amides is 1. The molecule has 2 aromatic carbocycles. The molecule has 0 radical (unpaired) electrons. The number of aliphatic carboxylic acids is 1. The predicted molar refractivity (Wildman–Crippen MR) is 149 cm³/mol. The van der Waals surface area contributed by atoms with Gasteiger partial charge in [0.2, 0.25) is 5.91 Å². The monoisotopic (exact) mass is 536 g/mol. The molecule has 1 heterocycles. The zero-order chi connectivity index (χ0) is 27.8. The normalized spacial score (nSPS) is 23.6. The van der Waals surface area contributed by atoms with Gasteiger partial charge in [0.15, 0.2) is 6.29 Å². The van der Waals surface area contributed by atoms with Crippen LogP contribution in [0.3, 0.4) is 0 Å².